The summed E-state index contributed by atoms with van der Waals surface area (Å²) in [5, 5.41) is 6.63. The zero-order valence-corrected chi connectivity index (χ0v) is 8.74. The predicted molar refractivity (Wildman–Crippen MR) is 59.7 cm³/mol. The lowest BCUT2D eigenvalue weighted by molar-refractivity contribution is 0.416. The van der Waals surface area contributed by atoms with Gasteiger partial charge < -0.3 is 10.5 Å². The maximum absolute atomic E-state index is 5.79. The second-order valence-corrected chi connectivity index (χ2v) is 3.35. The van der Waals surface area contributed by atoms with Crippen LogP contribution < -0.4 is 10.5 Å². The van der Waals surface area contributed by atoms with E-state index >= 15 is 0 Å². The molecule has 1 heterocycles. The minimum absolute atomic E-state index is 0.558. The molecule has 1 aromatic heterocycles. The largest absolute Gasteiger partial charge is 0.496 e. The molecule has 0 bridgehead atoms. The molecule has 0 saturated carbocycles. The first kappa shape index (κ1) is 9.58. The number of rotatable bonds is 2. The van der Waals surface area contributed by atoms with Crippen LogP contribution in [0.15, 0.2) is 24.4 Å². The fourth-order valence-electron chi connectivity index (χ4n) is 1.65. The van der Waals surface area contributed by atoms with Crippen LogP contribution in [-0.4, -0.2) is 17.3 Å². The number of anilines is 1. The van der Waals surface area contributed by atoms with E-state index in [0.717, 1.165) is 22.4 Å². The van der Waals surface area contributed by atoms with Crippen LogP contribution in [0.4, 0.5) is 5.82 Å². The molecule has 3 N–H and O–H groups in total. The van der Waals surface area contributed by atoms with Crippen molar-refractivity contribution in [3.05, 3.63) is 30.0 Å². The predicted octanol–water partition coefficient (Wildman–Crippen LogP) is 1.98. The van der Waals surface area contributed by atoms with Gasteiger partial charge in [0.15, 0.2) is 0 Å². The minimum atomic E-state index is 0.558. The maximum Gasteiger partial charge on any atom is 0.127 e. The molecule has 15 heavy (non-hydrogen) atoms. The van der Waals surface area contributed by atoms with Gasteiger partial charge in [-0.25, -0.2) is 0 Å². The molecule has 0 spiro atoms. The number of aromatic amines is 1. The second kappa shape index (κ2) is 3.65. The van der Waals surface area contributed by atoms with E-state index in [9.17, 15) is 0 Å². The van der Waals surface area contributed by atoms with E-state index in [-0.39, 0.29) is 0 Å². The SMILES string of the molecule is COc1cccc(C)c1-c1cn[nH]c1N. The molecule has 0 unspecified atom stereocenters. The van der Waals surface area contributed by atoms with Crippen molar-refractivity contribution < 1.29 is 4.74 Å². The summed E-state index contributed by atoms with van der Waals surface area (Å²) >= 11 is 0. The highest BCUT2D eigenvalue weighted by molar-refractivity contribution is 5.80. The topological polar surface area (TPSA) is 63.9 Å². The summed E-state index contributed by atoms with van der Waals surface area (Å²) in [7, 11) is 1.65. The summed E-state index contributed by atoms with van der Waals surface area (Å²) in [4.78, 5) is 0. The first-order valence-electron chi connectivity index (χ1n) is 4.67. The standard InChI is InChI=1S/C11H13N3O/c1-7-4-3-5-9(15-2)10(7)8-6-13-14-11(8)12/h3-6H,1-2H3,(H3,12,13,14). The van der Waals surface area contributed by atoms with Gasteiger partial charge in [-0.2, -0.15) is 5.10 Å². The lowest BCUT2D eigenvalue weighted by Crippen LogP contribution is -1.93. The van der Waals surface area contributed by atoms with Crippen LogP contribution in [0.25, 0.3) is 11.1 Å². The molecule has 0 amide bonds. The summed E-state index contributed by atoms with van der Waals surface area (Å²) in [6, 6.07) is 5.88. The molecule has 4 heteroatoms. The quantitative estimate of drug-likeness (QED) is 0.784. The van der Waals surface area contributed by atoms with E-state index in [1.54, 1.807) is 13.3 Å². The Bertz CT molecular complexity index is 476. The van der Waals surface area contributed by atoms with Gasteiger partial charge in [0.1, 0.15) is 11.6 Å². The highest BCUT2D eigenvalue weighted by atomic mass is 16.5. The van der Waals surface area contributed by atoms with Crippen molar-refractivity contribution in [2.75, 3.05) is 12.8 Å². The molecule has 2 aromatic rings. The summed E-state index contributed by atoms with van der Waals surface area (Å²) < 4.78 is 5.31. The summed E-state index contributed by atoms with van der Waals surface area (Å²) in [5.41, 5.74) is 8.78. The number of methoxy groups -OCH3 is 1. The van der Waals surface area contributed by atoms with Gasteiger partial charge in [0.25, 0.3) is 0 Å². The number of hydrogen-bond donors (Lipinski definition) is 2. The molecule has 0 radical (unpaired) electrons. The Morgan fingerprint density at radius 1 is 1.40 bits per heavy atom. The Morgan fingerprint density at radius 2 is 2.20 bits per heavy atom. The number of nitrogens with two attached hydrogens (primary N) is 1. The van der Waals surface area contributed by atoms with Crippen molar-refractivity contribution in [2.24, 2.45) is 0 Å². The molecule has 78 valence electrons. The lowest BCUT2D eigenvalue weighted by atomic mass is 10.0. The fraction of sp³-hybridized carbons (Fsp3) is 0.182. The second-order valence-electron chi connectivity index (χ2n) is 3.35. The van der Waals surface area contributed by atoms with E-state index < -0.39 is 0 Å². The van der Waals surface area contributed by atoms with Crippen molar-refractivity contribution >= 4 is 5.82 Å². The Hall–Kier alpha value is -1.97. The van der Waals surface area contributed by atoms with Gasteiger partial charge in [-0.1, -0.05) is 12.1 Å². The number of nitrogen functional groups attached to an aromatic ring is 1. The normalized spacial score (nSPS) is 10.3. The highest BCUT2D eigenvalue weighted by Gasteiger charge is 2.12. The first-order valence-corrected chi connectivity index (χ1v) is 4.67. The van der Waals surface area contributed by atoms with Crippen molar-refractivity contribution in [3.63, 3.8) is 0 Å². The first-order chi connectivity index (χ1) is 7.24. The molecule has 4 nitrogen and oxygen atoms in total. The summed E-state index contributed by atoms with van der Waals surface area (Å²) in [5.74, 6) is 1.37. The monoisotopic (exact) mass is 203 g/mol. The molecule has 0 aliphatic heterocycles. The molecule has 0 aliphatic carbocycles. The summed E-state index contributed by atoms with van der Waals surface area (Å²) in [6.07, 6.45) is 1.71. The van der Waals surface area contributed by atoms with Crippen LogP contribution >= 0.6 is 0 Å². The lowest BCUT2D eigenvalue weighted by Gasteiger charge is -2.10. The van der Waals surface area contributed by atoms with Gasteiger partial charge in [0.05, 0.1) is 13.3 Å². The van der Waals surface area contributed by atoms with Crippen molar-refractivity contribution in [3.8, 4) is 16.9 Å². The van der Waals surface area contributed by atoms with E-state index in [4.69, 9.17) is 10.5 Å². The summed E-state index contributed by atoms with van der Waals surface area (Å²) in [6.45, 7) is 2.02. The van der Waals surface area contributed by atoms with Gasteiger partial charge in [-0.3, -0.25) is 5.10 Å². The minimum Gasteiger partial charge on any atom is -0.496 e. The average Bonchev–Trinajstić information content (AvgIpc) is 2.64. The van der Waals surface area contributed by atoms with Crippen LogP contribution in [0, 0.1) is 6.92 Å². The van der Waals surface area contributed by atoms with Crippen LogP contribution in [0.1, 0.15) is 5.56 Å². The van der Waals surface area contributed by atoms with E-state index in [1.165, 1.54) is 0 Å². The zero-order valence-electron chi connectivity index (χ0n) is 8.74. The van der Waals surface area contributed by atoms with Crippen LogP contribution in [0.2, 0.25) is 0 Å². The number of ether oxygens (including phenoxy) is 1. The van der Waals surface area contributed by atoms with Crippen molar-refractivity contribution in [1.29, 1.82) is 0 Å². The van der Waals surface area contributed by atoms with Crippen LogP contribution in [0.3, 0.4) is 0 Å². The molecule has 0 fully saturated rings. The van der Waals surface area contributed by atoms with E-state index in [2.05, 4.69) is 10.2 Å². The number of benzene rings is 1. The van der Waals surface area contributed by atoms with Crippen LogP contribution in [0.5, 0.6) is 5.75 Å². The maximum atomic E-state index is 5.79. The number of H-pyrrole nitrogens is 1. The van der Waals surface area contributed by atoms with Crippen LogP contribution in [-0.2, 0) is 0 Å². The van der Waals surface area contributed by atoms with E-state index in [0.29, 0.717) is 5.82 Å². The number of hydrogen-bond acceptors (Lipinski definition) is 3. The number of nitrogens with one attached hydrogen (secondary N) is 1. The molecule has 1 aromatic carbocycles. The Kier molecular flexibility index (Phi) is 2.33. The molecule has 0 saturated heterocycles. The van der Waals surface area contributed by atoms with Crippen molar-refractivity contribution in [1.82, 2.24) is 10.2 Å². The average molecular weight is 203 g/mol. The molecular weight excluding hydrogens is 190 g/mol. The molecule has 2 rings (SSSR count). The van der Waals surface area contributed by atoms with Gasteiger partial charge >= 0.3 is 0 Å². The third-order valence-corrected chi connectivity index (χ3v) is 2.39. The third-order valence-electron chi connectivity index (χ3n) is 2.39. The highest BCUT2D eigenvalue weighted by Crippen LogP contribution is 2.35. The third kappa shape index (κ3) is 1.54. The zero-order chi connectivity index (χ0) is 10.8. The van der Waals surface area contributed by atoms with Gasteiger partial charge in [0.2, 0.25) is 0 Å². The number of aromatic nitrogens is 2. The van der Waals surface area contributed by atoms with Gasteiger partial charge in [-0.15, -0.1) is 0 Å². The van der Waals surface area contributed by atoms with Gasteiger partial charge in [-0.05, 0) is 18.6 Å². The molecule has 0 aliphatic rings. The smallest absolute Gasteiger partial charge is 0.127 e. The van der Waals surface area contributed by atoms with Crippen molar-refractivity contribution in [2.45, 2.75) is 6.92 Å². The number of aryl methyl sites for hydroxylation is 1. The Labute approximate surface area is 88.1 Å². The molecular formula is C11H13N3O. The Balaban J connectivity index is 2.66. The van der Waals surface area contributed by atoms with Gasteiger partial charge in [0, 0.05) is 11.1 Å². The number of nitrogens with zero attached hydrogens (tertiary/aromatic N) is 1. The molecule has 0 atom stereocenters. The Morgan fingerprint density at radius 3 is 2.80 bits per heavy atom. The fourth-order valence-corrected chi connectivity index (χ4v) is 1.65. The van der Waals surface area contributed by atoms with E-state index in [1.807, 2.05) is 25.1 Å².